The minimum absolute atomic E-state index is 0.0898. The number of anilines is 1. The standard InChI is InChI=1S/C23H23ClFNO3/c1-3-28-22-12-17(14-26-18-8-10-19(27-2)11-9-18)20(24)13-23(22)29-15-16-6-4-5-7-21(16)25/h4-13,26H,3,14-15H2,1-2H3. The van der Waals surface area contributed by atoms with Crippen molar-refractivity contribution in [2.45, 2.75) is 20.1 Å². The lowest BCUT2D eigenvalue weighted by Gasteiger charge is -2.16. The Labute approximate surface area is 175 Å². The number of hydrogen-bond acceptors (Lipinski definition) is 4. The Kier molecular flexibility index (Phi) is 7.19. The molecule has 1 N–H and O–H groups in total. The molecule has 3 aromatic carbocycles. The van der Waals surface area contributed by atoms with Gasteiger partial charge in [-0.3, -0.25) is 0 Å². The van der Waals surface area contributed by atoms with E-state index in [1.165, 1.54) is 6.07 Å². The second kappa shape index (κ2) is 10.0. The molecule has 29 heavy (non-hydrogen) atoms. The number of halogens is 2. The van der Waals surface area contributed by atoms with Gasteiger partial charge in [-0.1, -0.05) is 29.8 Å². The van der Waals surface area contributed by atoms with Gasteiger partial charge in [0, 0.05) is 28.9 Å². The van der Waals surface area contributed by atoms with Crippen molar-refractivity contribution in [1.82, 2.24) is 0 Å². The van der Waals surface area contributed by atoms with Crippen LogP contribution >= 0.6 is 11.6 Å². The lowest BCUT2D eigenvalue weighted by molar-refractivity contribution is 0.265. The van der Waals surface area contributed by atoms with Gasteiger partial charge in [-0.15, -0.1) is 0 Å². The lowest BCUT2D eigenvalue weighted by Crippen LogP contribution is -2.04. The van der Waals surface area contributed by atoms with Gasteiger partial charge < -0.3 is 19.5 Å². The van der Waals surface area contributed by atoms with Crippen LogP contribution in [0.2, 0.25) is 5.02 Å². The first-order valence-electron chi connectivity index (χ1n) is 9.30. The molecule has 0 saturated carbocycles. The van der Waals surface area contributed by atoms with Crippen LogP contribution in [-0.4, -0.2) is 13.7 Å². The first-order valence-corrected chi connectivity index (χ1v) is 9.68. The molecule has 0 aromatic heterocycles. The fourth-order valence-corrected chi connectivity index (χ4v) is 2.99. The zero-order valence-corrected chi connectivity index (χ0v) is 17.1. The molecule has 6 heteroatoms. The van der Waals surface area contributed by atoms with E-state index in [0.29, 0.717) is 35.2 Å². The molecule has 152 valence electrons. The van der Waals surface area contributed by atoms with Gasteiger partial charge in [-0.05, 0) is 48.9 Å². The molecule has 0 aliphatic heterocycles. The van der Waals surface area contributed by atoms with Gasteiger partial charge in [0.2, 0.25) is 0 Å². The van der Waals surface area contributed by atoms with Gasteiger partial charge in [0.05, 0.1) is 13.7 Å². The minimum Gasteiger partial charge on any atom is -0.497 e. The van der Waals surface area contributed by atoms with Crippen molar-refractivity contribution >= 4 is 17.3 Å². The van der Waals surface area contributed by atoms with Gasteiger partial charge in [0.15, 0.2) is 11.5 Å². The highest BCUT2D eigenvalue weighted by Gasteiger charge is 2.12. The second-order valence-corrected chi connectivity index (χ2v) is 6.69. The van der Waals surface area contributed by atoms with Crippen LogP contribution in [0.25, 0.3) is 0 Å². The van der Waals surface area contributed by atoms with Crippen LogP contribution in [0.3, 0.4) is 0 Å². The highest BCUT2D eigenvalue weighted by atomic mass is 35.5. The molecule has 3 rings (SSSR count). The lowest BCUT2D eigenvalue weighted by atomic mass is 10.2. The molecule has 0 amide bonds. The van der Waals surface area contributed by atoms with Crippen LogP contribution in [-0.2, 0) is 13.2 Å². The van der Waals surface area contributed by atoms with Crippen molar-refractivity contribution in [2.75, 3.05) is 19.0 Å². The third-order valence-electron chi connectivity index (χ3n) is 4.33. The van der Waals surface area contributed by atoms with Gasteiger partial charge >= 0.3 is 0 Å². The van der Waals surface area contributed by atoms with Gasteiger partial charge in [-0.2, -0.15) is 0 Å². The maximum Gasteiger partial charge on any atom is 0.163 e. The van der Waals surface area contributed by atoms with Crippen LogP contribution in [0.15, 0.2) is 60.7 Å². The van der Waals surface area contributed by atoms with Crippen LogP contribution in [0.4, 0.5) is 10.1 Å². The molecule has 0 aliphatic carbocycles. The normalized spacial score (nSPS) is 10.5. The van der Waals surface area contributed by atoms with E-state index in [2.05, 4.69) is 5.32 Å². The van der Waals surface area contributed by atoms with E-state index in [1.807, 2.05) is 37.3 Å². The molecular weight excluding hydrogens is 393 g/mol. The summed E-state index contributed by atoms with van der Waals surface area (Å²) in [6.07, 6.45) is 0. The highest BCUT2D eigenvalue weighted by Crippen LogP contribution is 2.35. The zero-order valence-electron chi connectivity index (χ0n) is 16.4. The van der Waals surface area contributed by atoms with Crippen molar-refractivity contribution in [3.63, 3.8) is 0 Å². The average Bonchev–Trinajstić information content (AvgIpc) is 2.74. The van der Waals surface area contributed by atoms with E-state index >= 15 is 0 Å². The summed E-state index contributed by atoms with van der Waals surface area (Å²) in [4.78, 5) is 0. The van der Waals surface area contributed by atoms with Crippen molar-refractivity contribution in [2.24, 2.45) is 0 Å². The number of ether oxygens (including phenoxy) is 3. The van der Waals surface area contributed by atoms with E-state index in [1.54, 1.807) is 31.4 Å². The van der Waals surface area contributed by atoms with Crippen LogP contribution in [0.1, 0.15) is 18.1 Å². The Bertz CT molecular complexity index is 947. The van der Waals surface area contributed by atoms with Crippen LogP contribution < -0.4 is 19.5 Å². The fourth-order valence-electron chi connectivity index (χ4n) is 2.77. The number of nitrogens with one attached hydrogen (secondary N) is 1. The van der Waals surface area contributed by atoms with E-state index < -0.39 is 0 Å². The fraction of sp³-hybridized carbons (Fsp3) is 0.217. The molecule has 0 atom stereocenters. The third kappa shape index (κ3) is 5.55. The molecule has 0 fully saturated rings. The molecule has 0 unspecified atom stereocenters. The van der Waals surface area contributed by atoms with E-state index in [9.17, 15) is 4.39 Å². The number of methoxy groups -OCH3 is 1. The molecular formula is C23H23ClFNO3. The second-order valence-electron chi connectivity index (χ2n) is 6.29. The zero-order chi connectivity index (χ0) is 20.6. The van der Waals surface area contributed by atoms with Crippen LogP contribution in [0, 0.1) is 5.82 Å². The van der Waals surface area contributed by atoms with Crippen molar-refractivity contribution in [1.29, 1.82) is 0 Å². The topological polar surface area (TPSA) is 39.7 Å². The first-order chi connectivity index (χ1) is 14.1. The summed E-state index contributed by atoms with van der Waals surface area (Å²) in [5.74, 6) is 1.54. The smallest absolute Gasteiger partial charge is 0.163 e. The minimum atomic E-state index is -0.308. The Hall–Kier alpha value is -2.92. The Morgan fingerprint density at radius 2 is 1.66 bits per heavy atom. The number of rotatable bonds is 9. The van der Waals surface area contributed by atoms with Gasteiger partial charge in [0.25, 0.3) is 0 Å². The summed E-state index contributed by atoms with van der Waals surface area (Å²) in [5.41, 5.74) is 2.28. The SMILES string of the molecule is CCOc1cc(CNc2ccc(OC)cc2)c(Cl)cc1OCc1ccccc1F. The van der Waals surface area contributed by atoms with E-state index in [-0.39, 0.29) is 12.4 Å². The summed E-state index contributed by atoms with van der Waals surface area (Å²) in [6, 6.07) is 17.7. The number of benzene rings is 3. The largest absolute Gasteiger partial charge is 0.497 e. The monoisotopic (exact) mass is 415 g/mol. The molecule has 0 heterocycles. The first kappa shape index (κ1) is 20.8. The quantitative estimate of drug-likeness (QED) is 0.460. The predicted octanol–water partition coefficient (Wildman–Crippen LogP) is 6.08. The van der Waals surface area contributed by atoms with E-state index in [4.69, 9.17) is 25.8 Å². The molecule has 3 aromatic rings. The predicted molar refractivity (Wildman–Crippen MR) is 114 cm³/mol. The average molecular weight is 416 g/mol. The Balaban J connectivity index is 1.73. The summed E-state index contributed by atoms with van der Waals surface area (Å²) in [5, 5.41) is 3.86. The molecule has 0 spiro atoms. The Morgan fingerprint density at radius 1 is 0.931 bits per heavy atom. The third-order valence-corrected chi connectivity index (χ3v) is 4.68. The van der Waals surface area contributed by atoms with Crippen LogP contribution in [0.5, 0.6) is 17.2 Å². The summed E-state index contributed by atoms with van der Waals surface area (Å²) in [7, 11) is 1.63. The Morgan fingerprint density at radius 3 is 2.34 bits per heavy atom. The van der Waals surface area contributed by atoms with Crippen molar-refractivity contribution in [3.05, 3.63) is 82.6 Å². The maximum atomic E-state index is 13.8. The molecule has 0 radical (unpaired) electrons. The highest BCUT2D eigenvalue weighted by molar-refractivity contribution is 6.31. The molecule has 4 nitrogen and oxygen atoms in total. The summed E-state index contributed by atoms with van der Waals surface area (Å²) >= 11 is 6.46. The number of hydrogen-bond donors (Lipinski definition) is 1. The molecule has 0 aliphatic rings. The van der Waals surface area contributed by atoms with Gasteiger partial charge in [-0.25, -0.2) is 4.39 Å². The summed E-state index contributed by atoms with van der Waals surface area (Å²) < 4.78 is 30.5. The van der Waals surface area contributed by atoms with Gasteiger partial charge in [0.1, 0.15) is 18.2 Å². The maximum absolute atomic E-state index is 13.8. The van der Waals surface area contributed by atoms with Crippen molar-refractivity contribution in [3.8, 4) is 17.2 Å². The van der Waals surface area contributed by atoms with Crippen molar-refractivity contribution < 1.29 is 18.6 Å². The summed E-state index contributed by atoms with van der Waals surface area (Å²) in [6.45, 7) is 2.97. The van der Waals surface area contributed by atoms with E-state index in [0.717, 1.165) is 17.0 Å². The molecule has 0 saturated heterocycles. The molecule has 0 bridgehead atoms.